The summed E-state index contributed by atoms with van der Waals surface area (Å²) in [6, 6.07) is 0. The van der Waals surface area contributed by atoms with Crippen LogP contribution in [0.5, 0.6) is 0 Å². The Morgan fingerprint density at radius 1 is 1.67 bits per heavy atom. The van der Waals surface area contributed by atoms with E-state index >= 15 is 0 Å². The van der Waals surface area contributed by atoms with Gasteiger partial charge in [-0.15, -0.1) is 0 Å². The first kappa shape index (κ1) is 7.20. The van der Waals surface area contributed by atoms with Crippen molar-refractivity contribution in [2.75, 3.05) is 6.26 Å². The second-order valence-corrected chi connectivity index (χ2v) is 3.82. The minimum atomic E-state index is 0.911. The Bertz CT molecular complexity index is 116. The SMILES string of the molecule is CS[C@H]1CC=C(C)CC1. The largest absolute Gasteiger partial charge is 0.162 e. The van der Waals surface area contributed by atoms with E-state index in [0.717, 1.165) is 5.25 Å². The summed E-state index contributed by atoms with van der Waals surface area (Å²) in [6.45, 7) is 2.23. The van der Waals surface area contributed by atoms with Crippen molar-refractivity contribution >= 4 is 11.8 Å². The molecular weight excluding hydrogens is 128 g/mol. The van der Waals surface area contributed by atoms with E-state index in [-0.39, 0.29) is 0 Å². The van der Waals surface area contributed by atoms with Crippen LogP contribution in [-0.4, -0.2) is 11.5 Å². The van der Waals surface area contributed by atoms with Crippen LogP contribution in [0, 0.1) is 0 Å². The van der Waals surface area contributed by atoms with E-state index in [1.165, 1.54) is 19.3 Å². The molecule has 0 aromatic rings. The molecule has 0 aromatic heterocycles. The summed E-state index contributed by atoms with van der Waals surface area (Å²) >= 11 is 2.00. The van der Waals surface area contributed by atoms with Gasteiger partial charge < -0.3 is 0 Å². The molecule has 0 saturated carbocycles. The molecule has 0 N–H and O–H groups in total. The number of allylic oxidation sites excluding steroid dienone is 2. The van der Waals surface area contributed by atoms with Crippen molar-refractivity contribution in [3.05, 3.63) is 11.6 Å². The number of hydrogen-bond donors (Lipinski definition) is 0. The highest BCUT2D eigenvalue weighted by molar-refractivity contribution is 7.99. The molecule has 0 aliphatic heterocycles. The molecule has 0 heterocycles. The van der Waals surface area contributed by atoms with E-state index in [1.54, 1.807) is 5.57 Å². The maximum absolute atomic E-state index is 2.38. The third kappa shape index (κ3) is 2.05. The summed E-state index contributed by atoms with van der Waals surface area (Å²) in [5, 5.41) is 0.911. The van der Waals surface area contributed by atoms with Crippen molar-refractivity contribution in [3.63, 3.8) is 0 Å². The molecule has 52 valence electrons. The molecule has 0 aromatic carbocycles. The van der Waals surface area contributed by atoms with Gasteiger partial charge in [0.25, 0.3) is 0 Å². The maximum atomic E-state index is 2.38. The predicted molar refractivity (Wildman–Crippen MR) is 44.9 cm³/mol. The molecule has 0 nitrogen and oxygen atoms in total. The number of thioether (sulfide) groups is 1. The third-order valence-corrected chi connectivity index (χ3v) is 3.02. The zero-order valence-electron chi connectivity index (χ0n) is 6.18. The van der Waals surface area contributed by atoms with Crippen molar-refractivity contribution in [2.24, 2.45) is 0 Å². The summed E-state index contributed by atoms with van der Waals surface area (Å²) in [7, 11) is 0. The molecular formula is C8H14S. The van der Waals surface area contributed by atoms with Crippen LogP contribution < -0.4 is 0 Å². The van der Waals surface area contributed by atoms with Gasteiger partial charge in [0.1, 0.15) is 0 Å². The van der Waals surface area contributed by atoms with Crippen LogP contribution >= 0.6 is 11.8 Å². The van der Waals surface area contributed by atoms with Crippen LogP contribution in [0.2, 0.25) is 0 Å². The van der Waals surface area contributed by atoms with Gasteiger partial charge in [-0.2, -0.15) is 11.8 Å². The van der Waals surface area contributed by atoms with Crippen LogP contribution in [-0.2, 0) is 0 Å². The van der Waals surface area contributed by atoms with Crippen molar-refractivity contribution in [1.29, 1.82) is 0 Å². The number of rotatable bonds is 1. The molecule has 0 amide bonds. The summed E-state index contributed by atoms with van der Waals surface area (Å²) in [5.41, 5.74) is 1.58. The fourth-order valence-corrected chi connectivity index (χ4v) is 1.80. The Morgan fingerprint density at radius 2 is 2.44 bits per heavy atom. The fourth-order valence-electron chi connectivity index (χ4n) is 1.16. The molecule has 1 rings (SSSR count). The van der Waals surface area contributed by atoms with E-state index < -0.39 is 0 Å². The van der Waals surface area contributed by atoms with Gasteiger partial charge in [0.05, 0.1) is 0 Å². The lowest BCUT2D eigenvalue weighted by Crippen LogP contribution is -2.05. The van der Waals surface area contributed by atoms with Crippen molar-refractivity contribution in [1.82, 2.24) is 0 Å². The van der Waals surface area contributed by atoms with Gasteiger partial charge in [-0.05, 0) is 32.4 Å². The van der Waals surface area contributed by atoms with Crippen LogP contribution in [0.15, 0.2) is 11.6 Å². The highest BCUT2D eigenvalue weighted by Crippen LogP contribution is 2.25. The lowest BCUT2D eigenvalue weighted by atomic mass is 10.0. The zero-order chi connectivity index (χ0) is 6.69. The Kier molecular flexibility index (Phi) is 2.65. The Balaban J connectivity index is 2.36. The summed E-state index contributed by atoms with van der Waals surface area (Å²) < 4.78 is 0. The van der Waals surface area contributed by atoms with E-state index in [4.69, 9.17) is 0 Å². The van der Waals surface area contributed by atoms with Crippen LogP contribution in [0.25, 0.3) is 0 Å². The van der Waals surface area contributed by atoms with Gasteiger partial charge in [0.15, 0.2) is 0 Å². The topological polar surface area (TPSA) is 0 Å². The first-order chi connectivity index (χ1) is 4.33. The molecule has 0 saturated heterocycles. The predicted octanol–water partition coefficient (Wildman–Crippen LogP) is 2.85. The molecule has 9 heavy (non-hydrogen) atoms. The van der Waals surface area contributed by atoms with Gasteiger partial charge in [0.2, 0.25) is 0 Å². The highest BCUT2D eigenvalue weighted by atomic mass is 32.2. The second-order valence-electron chi connectivity index (χ2n) is 2.68. The molecule has 1 heteroatoms. The Hall–Kier alpha value is 0.0900. The first-order valence-corrected chi connectivity index (χ1v) is 4.80. The minimum Gasteiger partial charge on any atom is -0.162 e. The molecule has 1 atom stereocenters. The minimum absolute atomic E-state index is 0.911. The Morgan fingerprint density at radius 3 is 2.89 bits per heavy atom. The lowest BCUT2D eigenvalue weighted by Gasteiger charge is -2.17. The molecule has 0 unspecified atom stereocenters. The zero-order valence-corrected chi connectivity index (χ0v) is 7.00. The monoisotopic (exact) mass is 142 g/mol. The fraction of sp³-hybridized carbons (Fsp3) is 0.750. The highest BCUT2D eigenvalue weighted by Gasteiger charge is 2.09. The molecule has 0 spiro atoms. The summed E-state index contributed by atoms with van der Waals surface area (Å²) in [5.74, 6) is 0. The molecule has 1 aliphatic rings. The quantitative estimate of drug-likeness (QED) is 0.507. The summed E-state index contributed by atoms with van der Waals surface area (Å²) in [4.78, 5) is 0. The smallest absolute Gasteiger partial charge is 0.00819 e. The average molecular weight is 142 g/mol. The van der Waals surface area contributed by atoms with Gasteiger partial charge in [0, 0.05) is 5.25 Å². The lowest BCUT2D eigenvalue weighted by molar-refractivity contribution is 0.719. The molecule has 0 fully saturated rings. The van der Waals surface area contributed by atoms with E-state index in [0.29, 0.717) is 0 Å². The Labute approximate surface area is 61.7 Å². The van der Waals surface area contributed by atoms with Crippen LogP contribution in [0.4, 0.5) is 0 Å². The van der Waals surface area contributed by atoms with Crippen LogP contribution in [0.1, 0.15) is 26.2 Å². The van der Waals surface area contributed by atoms with E-state index in [2.05, 4.69) is 19.3 Å². The van der Waals surface area contributed by atoms with Crippen molar-refractivity contribution in [3.8, 4) is 0 Å². The van der Waals surface area contributed by atoms with Gasteiger partial charge in [-0.25, -0.2) is 0 Å². The van der Waals surface area contributed by atoms with Gasteiger partial charge >= 0.3 is 0 Å². The average Bonchev–Trinajstić information content (AvgIpc) is 1.90. The molecule has 0 radical (unpaired) electrons. The standard InChI is InChI=1S/C8H14S/c1-7-3-5-8(9-2)6-4-7/h3,8H,4-6H2,1-2H3/t8-/m0/s1. The first-order valence-electron chi connectivity index (χ1n) is 3.51. The van der Waals surface area contributed by atoms with Gasteiger partial charge in [-0.1, -0.05) is 11.6 Å². The van der Waals surface area contributed by atoms with E-state index in [1.807, 2.05) is 11.8 Å². The van der Waals surface area contributed by atoms with Crippen LogP contribution in [0.3, 0.4) is 0 Å². The van der Waals surface area contributed by atoms with Crippen molar-refractivity contribution in [2.45, 2.75) is 31.4 Å². The normalized spacial score (nSPS) is 27.8. The van der Waals surface area contributed by atoms with E-state index in [9.17, 15) is 0 Å². The maximum Gasteiger partial charge on any atom is 0.00819 e. The van der Waals surface area contributed by atoms with Crippen molar-refractivity contribution < 1.29 is 0 Å². The van der Waals surface area contributed by atoms with Gasteiger partial charge in [-0.3, -0.25) is 0 Å². The molecule has 1 aliphatic carbocycles. The second kappa shape index (κ2) is 3.31. The molecule has 0 bridgehead atoms. The number of hydrogen-bond acceptors (Lipinski definition) is 1. The third-order valence-electron chi connectivity index (χ3n) is 1.92. The summed E-state index contributed by atoms with van der Waals surface area (Å²) in [6.07, 6.45) is 8.60.